The van der Waals surface area contributed by atoms with Crippen molar-refractivity contribution in [1.29, 1.82) is 0 Å². The van der Waals surface area contributed by atoms with Crippen molar-refractivity contribution in [3.63, 3.8) is 0 Å². The summed E-state index contributed by atoms with van der Waals surface area (Å²) >= 11 is 0. The second-order valence-electron chi connectivity index (χ2n) is 6.01. The average molecular weight is 411 g/mol. The lowest BCUT2D eigenvalue weighted by Crippen LogP contribution is -2.31. The number of tetrazole rings is 1. The highest BCUT2D eigenvalue weighted by molar-refractivity contribution is 6.10. The van der Waals surface area contributed by atoms with Crippen LogP contribution in [0.15, 0.2) is 53.7 Å². The molecule has 0 atom stereocenters. The van der Waals surface area contributed by atoms with Crippen molar-refractivity contribution in [2.24, 2.45) is 12.2 Å². The molecule has 0 aliphatic rings. The fraction of sp³-hybridized carbons (Fsp3) is 0.263. The molecule has 11 heteroatoms. The van der Waals surface area contributed by atoms with Gasteiger partial charge in [-0.2, -0.15) is 0 Å². The smallest absolute Gasteiger partial charge is 0.282 e. The SMILES string of the molecule is COC(OC)C(=O)Nc1cccc(CO/N=C(/c2ccccc2)c2nnnn2C)n1. The quantitative estimate of drug-likeness (QED) is 0.316. The van der Waals surface area contributed by atoms with Crippen LogP contribution in [0.25, 0.3) is 0 Å². The number of amides is 1. The zero-order chi connectivity index (χ0) is 21.3. The van der Waals surface area contributed by atoms with E-state index in [1.807, 2.05) is 30.3 Å². The summed E-state index contributed by atoms with van der Waals surface area (Å²) in [6.07, 6.45) is -1.02. The lowest BCUT2D eigenvalue weighted by molar-refractivity contribution is -0.153. The summed E-state index contributed by atoms with van der Waals surface area (Å²) < 4.78 is 11.3. The van der Waals surface area contributed by atoms with Crippen LogP contribution in [0.5, 0.6) is 0 Å². The average Bonchev–Trinajstić information content (AvgIpc) is 3.18. The normalized spacial score (nSPS) is 11.5. The molecule has 0 bridgehead atoms. The summed E-state index contributed by atoms with van der Waals surface area (Å²) in [5, 5.41) is 18.3. The molecule has 1 N–H and O–H groups in total. The fourth-order valence-electron chi connectivity index (χ4n) is 2.54. The van der Waals surface area contributed by atoms with Gasteiger partial charge in [-0.05, 0) is 22.6 Å². The van der Waals surface area contributed by atoms with E-state index >= 15 is 0 Å². The minimum absolute atomic E-state index is 0.0727. The van der Waals surface area contributed by atoms with Gasteiger partial charge < -0.3 is 19.6 Å². The van der Waals surface area contributed by atoms with Gasteiger partial charge in [0.15, 0.2) is 12.3 Å². The van der Waals surface area contributed by atoms with Crippen molar-refractivity contribution in [2.75, 3.05) is 19.5 Å². The molecule has 30 heavy (non-hydrogen) atoms. The number of nitrogens with zero attached hydrogens (tertiary/aromatic N) is 6. The number of oxime groups is 1. The first-order valence-corrected chi connectivity index (χ1v) is 8.93. The van der Waals surface area contributed by atoms with Crippen LogP contribution in [0.2, 0.25) is 0 Å². The number of ether oxygens (including phenoxy) is 2. The van der Waals surface area contributed by atoms with Gasteiger partial charge in [0.05, 0.1) is 5.69 Å². The maximum Gasteiger partial charge on any atom is 0.282 e. The van der Waals surface area contributed by atoms with Gasteiger partial charge in [0.2, 0.25) is 12.1 Å². The second kappa shape index (κ2) is 10.2. The Labute approximate surface area is 172 Å². The van der Waals surface area contributed by atoms with Crippen molar-refractivity contribution >= 4 is 17.4 Å². The molecule has 0 saturated heterocycles. The van der Waals surface area contributed by atoms with Gasteiger partial charge in [-0.25, -0.2) is 9.67 Å². The molecular formula is C19H21N7O4. The van der Waals surface area contributed by atoms with Crippen LogP contribution in [0.1, 0.15) is 17.1 Å². The molecule has 1 amide bonds. The minimum atomic E-state index is -1.02. The van der Waals surface area contributed by atoms with E-state index in [1.165, 1.54) is 18.9 Å². The third kappa shape index (κ3) is 5.21. The Bertz CT molecular complexity index is 1000. The summed E-state index contributed by atoms with van der Waals surface area (Å²) in [7, 11) is 4.47. The number of nitrogens with one attached hydrogen (secondary N) is 1. The number of carbonyl (C=O) groups is 1. The number of hydrogen-bond acceptors (Lipinski definition) is 9. The first-order valence-electron chi connectivity index (χ1n) is 8.93. The molecule has 0 spiro atoms. The van der Waals surface area contributed by atoms with Gasteiger partial charge in [0.25, 0.3) is 5.91 Å². The Morgan fingerprint density at radius 3 is 2.57 bits per heavy atom. The summed E-state index contributed by atoms with van der Waals surface area (Å²) in [6, 6.07) is 14.6. The number of methoxy groups -OCH3 is 2. The van der Waals surface area contributed by atoms with E-state index in [2.05, 4.69) is 31.0 Å². The van der Waals surface area contributed by atoms with Gasteiger partial charge in [-0.3, -0.25) is 4.79 Å². The van der Waals surface area contributed by atoms with Crippen molar-refractivity contribution in [3.8, 4) is 0 Å². The number of benzene rings is 1. The lowest BCUT2D eigenvalue weighted by atomic mass is 10.1. The van der Waals surface area contributed by atoms with Crippen molar-refractivity contribution in [3.05, 3.63) is 65.6 Å². The zero-order valence-corrected chi connectivity index (χ0v) is 16.7. The fourth-order valence-corrected chi connectivity index (χ4v) is 2.54. The van der Waals surface area contributed by atoms with E-state index in [-0.39, 0.29) is 6.61 Å². The number of rotatable bonds is 9. The summed E-state index contributed by atoms with van der Waals surface area (Å²) in [4.78, 5) is 21.9. The van der Waals surface area contributed by atoms with Crippen molar-refractivity contribution < 1.29 is 19.1 Å². The summed E-state index contributed by atoms with van der Waals surface area (Å²) in [6.45, 7) is 0.0727. The Kier molecular flexibility index (Phi) is 7.14. The van der Waals surface area contributed by atoms with Crippen molar-refractivity contribution in [1.82, 2.24) is 25.2 Å². The Hall–Kier alpha value is -3.70. The van der Waals surface area contributed by atoms with E-state index in [9.17, 15) is 4.79 Å². The Morgan fingerprint density at radius 2 is 1.90 bits per heavy atom. The molecule has 0 saturated carbocycles. The van der Waals surface area contributed by atoms with E-state index in [0.717, 1.165) is 5.56 Å². The van der Waals surface area contributed by atoms with Gasteiger partial charge in [0, 0.05) is 26.8 Å². The highest BCUT2D eigenvalue weighted by atomic mass is 16.7. The monoisotopic (exact) mass is 411 g/mol. The number of hydrogen-bond donors (Lipinski definition) is 1. The predicted molar refractivity (Wildman–Crippen MR) is 106 cm³/mol. The lowest BCUT2D eigenvalue weighted by Gasteiger charge is -2.13. The second-order valence-corrected chi connectivity index (χ2v) is 6.01. The van der Waals surface area contributed by atoms with E-state index in [1.54, 1.807) is 25.2 Å². The number of pyridine rings is 1. The number of aromatic nitrogens is 5. The topological polar surface area (TPSA) is 126 Å². The molecule has 0 aliphatic carbocycles. The van der Waals surface area contributed by atoms with Crippen LogP contribution in [-0.2, 0) is 32.8 Å². The van der Waals surface area contributed by atoms with Crippen LogP contribution < -0.4 is 5.32 Å². The van der Waals surface area contributed by atoms with E-state index in [0.29, 0.717) is 23.0 Å². The molecule has 1 aromatic carbocycles. The Morgan fingerprint density at radius 1 is 1.13 bits per heavy atom. The Balaban J connectivity index is 1.73. The van der Waals surface area contributed by atoms with Gasteiger partial charge >= 0.3 is 0 Å². The number of carbonyl (C=O) groups excluding carboxylic acids is 1. The molecule has 11 nitrogen and oxygen atoms in total. The summed E-state index contributed by atoms with van der Waals surface area (Å²) in [5.74, 6) is 0.329. The largest absolute Gasteiger partial charge is 0.389 e. The number of anilines is 1. The third-order valence-electron chi connectivity index (χ3n) is 3.95. The van der Waals surface area contributed by atoms with Crippen LogP contribution in [0.4, 0.5) is 5.82 Å². The first-order chi connectivity index (χ1) is 14.6. The van der Waals surface area contributed by atoms with E-state index in [4.69, 9.17) is 14.3 Å². The first kappa shape index (κ1) is 21.0. The standard InChI is InChI=1S/C19H21N7O4/c1-26-17(22-24-25-26)16(13-8-5-4-6-9-13)23-30-12-14-10-7-11-15(20-14)21-18(27)19(28-2)29-3/h4-11,19H,12H2,1-3H3,(H,20,21,27)/b23-16-. The molecule has 3 aromatic rings. The van der Waals surface area contributed by atoms with Gasteiger partial charge in [-0.1, -0.05) is 41.6 Å². The third-order valence-corrected chi connectivity index (χ3v) is 3.95. The molecule has 0 radical (unpaired) electrons. The molecule has 0 fully saturated rings. The molecule has 2 aromatic heterocycles. The zero-order valence-electron chi connectivity index (χ0n) is 16.7. The predicted octanol–water partition coefficient (Wildman–Crippen LogP) is 1.13. The minimum Gasteiger partial charge on any atom is -0.389 e. The van der Waals surface area contributed by atoms with Crippen LogP contribution >= 0.6 is 0 Å². The molecule has 156 valence electrons. The summed E-state index contributed by atoms with van der Waals surface area (Å²) in [5.41, 5.74) is 1.84. The van der Waals surface area contributed by atoms with Crippen molar-refractivity contribution in [2.45, 2.75) is 12.9 Å². The maximum atomic E-state index is 12.0. The van der Waals surface area contributed by atoms with Crippen LogP contribution in [0.3, 0.4) is 0 Å². The van der Waals surface area contributed by atoms with Crippen LogP contribution in [0, 0.1) is 0 Å². The van der Waals surface area contributed by atoms with Gasteiger partial charge in [0.1, 0.15) is 5.82 Å². The van der Waals surface area contributed by atoms with Crippen LogP contribution in [-0.4, -0.2) is 57.3 Å². The highest BCUT2D eigenvalue weighted by Crippen LogP contribution is 2.11. The maximum absolute atomic E-state index is 12.0. The molecule has 2 heterocycles. The highest BCUT2D eigenvalue weighted by Gasteiger charge is 2.17. The molecule has 0 unspecified atom stereocenters. The molecule has 0 aliphatic heterocycles. The number of aryl methyl sites for hydroxylation is 1. The van der Waals surface area contributed by atoms with E-state index < -0.39 is 12.2 Å². The molecule has 3 rings (SSSR count). The molecular weight excluding hydrogens is 390 g/mol. The van der Waals surface area contributed by atoms with Gasteiger partial charge in [-0.15, -0.1) is 5.10 Å².